The van der Waals surface area contributed by atoms with Crippen LogP contribution in [0.25, 0.3) is 0 Å². The SMILES string of the molecule is COc1cccc(S(=O)(=O)N(CC(C)C)C[C@H](O)[C@H](Cc2ccccc2)NC(=O)[C@H](C(C)C)N2CCN(Cc3csc(C)n3)C2=O)c1. The van der Waals surface area contributed by atoms with Crippen LogP contribution in [0.1, 0.15) is 44.0 Å². The van der Waals surface area contributed by atoms with E-state index in [-0.39, 0.29) is 42.3 Å². The summed E-state index contributed by atoms with van der Waals surface area (Å²) in [5.74, 6) is -0.249. The number of nitrogens with one attached hydrogen (secondary N) is 1. The average Bonchev–Trinajstić information content (AvgIpc) is 3.60. The molecular weight excluding hydrogens is 639 g/mol. The van der Waals surface area contributed by atoms with E-state index in [1.165, 1.54) is 34.9 Å². The molecule has 2 aromatic carbocycles. The van der Waals surface area contributed by atoms with Crippen molar-refractivity contribution in [2.45, 2.75) is 70.7 Å². The number of amides is 3. The van der Waals surface area contributed by atoms with Gasteiger partial charge < -0.3 is 25.0 Å². The van der Waals surface area contributed by atoms with Crippen LogP contribution in [-0.2, 0) is 27.8 Å². The summed E-state index contributed by atoms with van der Waals surface area (Å²) in [7, 11) is -2.55. The number of aliphatic hydroxyl groups is 1. The first-order valence-corrected chi connectivity index (χ1v) is 18.2. The summed E-state index contributed by atoms with van der Waals surface area (Å²) in [4.78, 5) is 35.4. The molecule has 2 N–H and O–H groups in total. The van der Waals surface area contributed by atoms with Crippen molar-refractivity contribution in [1.29, 1.82) is 0 Å². The lowest BCUT2D eigenvalue weighted by molar-refractivity contribution is -0.128. The topological polar surface area (TPSA) is 132 Å². The predicted molar refractivity (Wildman–Crippen MR) is 183 cm³/mol. The zero-order chi connectivity index (χ0) is 34.3. The molecule has 3 aromatic rings. The maximum Gasteiger partial charge on any atom is 0.321 e. The number of rotatable bonds is 16. The molecule has 2 heterocycles. The highest BCUT2D eigenvalue weighted by molar-refractivity contribution is 7.89. The van der Waals surface area contributed by atoms with Crippen LogP contribution in [-0.4, -0.2) is 96.0 Å². The number of sulfonamides is 1. The molecule has 0 unspecified atom stereocenters. The minimum Gasteiger partial charge on any atom is -0.497 e. The number of aryl methyl sites for hydroxylation is 1. The van der Waals surface area contributed by atoms with Gasteiger partial charge in [-0.05, 0) is 42.9 Å². The fourth-order valence-electron chi connectivity index (χ4n) is 5.83. The zero-order valence-electron chi connectivity index (χ0n) is 28.0. The molecule has 0 saturated carbocycles. The van der Waals surface area contributed by atoms with Crippen LogP contribution in [0.2, 0.25) is 0 Å². The van der Waals surface area contributed by atoms with Crippen molar-refractivity contribution in [3.05, 3.63) is 76.2 Å². The minimum atomic E-state index is -4.02. The highest BCUT2D eigenvalue weighted by Gasteiger charge is 2.40. The zero-order valence-corrected chi connectivity index (χ0v) is 29.6. The van der Waals surface area contributed by atoms with Crippen LogP contribution in [0.3, 0.4) is 0 Å². The van der Waals surface area contributed by atoms with Gasteiger partial charge in [0.2, 0.25) is 15.9 Å². The maximum atomic E-state index is 14.1. The molecular formula is C34H47N5O6S2. The van der Waals surface area contributed by atoms with E-state index in [0.29, 0.717) is 25.4 Å². The van der Waals surface area contributed by atoms with E-state index in [0.717, 1.165) is 16.3 Å². The van der Waals surface area contributed by atoms with Crippen molar-refractivity contribution >= 4 is 33.3 Å². The highest BCUT2D eigenvalue weighted by Crippen LogP contribution is 2.24. The van der Waals surface area contributed by atoms with Gasteiger partial charge in [0.25, 0.3) is 0 Å². The van der Waals surface area contributed by atoms with E-state index in [2.05, 4.69) is 10.3 Å². The fourth-order valence-corrected chi connectivity index (χ4v) is 8.09. The van der Waals surface area contributed by atoms with E-state index in [1.54, 1.807) is 21.9 Å². The Bertz CT molecular complexity index is 1600. The van der Waals surface area contributed by atoms with Gasteiger partial charge in [0.05, 0.1) is 41.4 Å². The smallest absolute Gasteiger partial charge is 0.321 e. The van der Waals surface area contributed by atoms with Gasteiger partial charge in [0.1, 0.15) is 11.8 Å². The van der Waals surface area contributed by atoms with Gasteiger partial charge in [-0.2, -0.15) is 4.31 Å². The van der Waals surface area contributed by atoms with Gasteiger partial charge in [-0.25, -0.2) is 18.2 Å². The van der Waals surface area contributed by atoms with Crippen LogP contribution >= 0.6 is 11.3 Å². The van der Waals surface area contributed by atoms with E-state index in [9.17, 15) is 23.1 Å². The van der Waals surface area contributed by atoms with Gasteiger partial charge in [0.15, 0.2) is 0 Å². The molecule has 1 aliphatic rings. The lowest BCUT2D eigenvalue weighted by atomic mass is 9.97. The van der Waals surface area contributed by atoms with Crippen LogP contribution in [0, 0.1) is 18.8 Å². The average molecular weight is 686 g/mol. The first-order chi connectivity index (χ1) is 22.3. The number of aliphatic hydroxyl groups excluding tert-OH is 1. The molecule has 1 fully saturated rings. The molecule has 3 atom stereocenters. The molecule has 13 heteroatoms. The van der Waals surface area contributed by atoms with Crippen LogP contribution in [0.4, 0.5) is 4.79 Å². The Morgan fingerprint density at radius 3 is 2.43 bits per heavy atom. The van der Waals surface area contributed by atoms with Gasteiger partial charge >= 0.3 is 6.03 Å². The lowest BCUT2D eigenvalue weighted by Gasteiger charge is -2.34. The Labute approximate surface area is 282 Å². The van der Waals surface area contributed by atoms with Crippen molar-refractivity contribution in [2.75, 3.05) is 33.3 Å². The van der Waals surface area contributed by atoms with Crippen LogP contribution < -0.4 is 10.1 Å². The normalized spacial score (nSPS) is 15.8. The summed E-state index contributed by atoms with van der Waals surface area (Å²) < 4.78 is 34.3. The number of aromatic nitrogens is 1. The van der Waals surface area contributed by atoms with Crippen molar-refractivity contribution < 1.29 is 27.9 Å². The van der Waals surface area contributed by atoms with E-state index < -0.39 is 34.1 Å². The Kier molecular flexibility index (Phi) is 12.4. The fraction of sp³-hybridized carbons (Fsp3) is 0.500. The first kappa shape index (κ1) is 36.3. The Morgan fingerprint density at radius 1 is 1.09 bits per heavy atom. The molecule has 0 bridgehead atoms. The van der Waals surface area contributed by atoms with Crippen LogP contribution in [0.5, 0.6) is 5.75 Å². The van der Waals surface area contributed by atoms with Crippen molar-refractivity contribution in [2.24, 2.45) is 11.8 Å². The summed E-state index contributed by atoms with van der Waals surface area (Å²) >= 11 is 1.53. The number of carbonyl (C=O) groups excluding carboxylic acids is 2. The molecule has 0 aliphatic carbocycles. The van der Waals surface area contributed by atoms with Crippen LogP contribution in [0.15, 0.2) is 64.9 Å². The Balaban J connectivity index is 1.57. The molecule has 0 spiro atoms. The summed E-state index contributed by atoms with van der Waals surface area (Å²) in [6, 6.07) is 13.8. The Morgan fingerprint density at radius 2 is 1.81 bits per heavy atom. The third-order valence-electron chi connectivity index (χ3n) is 8.11. The Hall–Kier alpha value is -3.52. The van der Waals surface area contributed by atoms with Gasteiger partial charge in [0, 0.05) is 37.6 Å². The molecule has 3 amide bonds. The standard InChI is InChI=1S/C34H47N5O6S2/c1-23(2)19-38(47(43,44)29-14-10-13-28(18-29)45-6)21-31(40)30(17-26-11-8-7-9-12-26)36-33(41)32(24(3)4)39-16-15-37(34(39)42)20-27-22-46-25(5)35-27/h7-14,18,22-24,30-32,40H,15-17,19-21H2,1-6H3,(H,36,41)/t30-,31-,32-/m0/s1. The number of carbonyl (C=O) groups is 2. The van der Waals surface area contributed by atoms with E-state index in [1.807, 2.05) is 70.3 Å². The molecule has 0 radical (unpaired) electrons. The molecule has 1 saturated heterocycles. The third-order valence-corrected chi connectivity index (χ3v) is 10.8. The number of benzene rings is 2. The maximum absolute atomic E-state index is 14.1. The molecule has 47 heavy (non-hydrogen) atoms. The monoisotopic (exact) mass is 685 g/mol. The second-order valence-electron chi connectivity index (χ2n) is 12.7. The summed E-state index contributed by atoms with van der Waals surface area (Å²) in [6.45, 7) is 10.6. The largest absolute Gasteiger partial charge is 0.497 e. The number of thiazole rings is 1. The van der Waals surface area contributed by atoms with Gasteiger partial charge in [-0.3, -0.25) is 4.79 Å². The number of methoxy groups -OCH3 is 1. The second-order valence-corrected chi connectivity index (χ2v) is 15.7. The third kappa shape index (κ3) is 9.31. The van der Waals surface area contributed by atoms with Gasteiger partial charge in [-0.1, -0.05) is 64.1 Å². The number of urea groups is 1. The summed E-state index contributed by atoms with van der Waals surface area (Å²) in [6.07, 6.45) is -0.999. The lowest BCUT2D eigenvalue weighted by Crippen LogP contribution is -2.57. The molecule has 1 aliphatic heterocycles. The quantitative estimate of drug-likeness (QED) is 0.232. The summed E-state index contributed by atoms with van der Waals surface area (Å²) in [5, 5.41) is 17.6. The number of hydrogen-bond donors (Lipinski definition) is 2. The van der Waals surface area contributed by atoms with Crippen molar-refractivity contribution in [3.63, 3.8) is 0 Å². The van der Waals surface area contributed by atoms with Crippen molar-refractivity contribution in [1.82, 2.24) is 24.4 Å². The number of hydrogen-bond acceptors (Lipinski definition) is 8. The molecule has 11 nitrogen and oxygen atoms in total. The van der Waals surface area contributed by atoms with E-state index >= 15 is 0 Å². The molecule has 256 valence electrons. The van der Waals surface area contributed by atoms with Gasteiger partial charge in [-0.15, -0.1) is 11.3 Å². The molecule has 1 aromatic heterocycles. The first-order valence-electron chi connectivity index (χ1n) is 15.9. The number of ether oxygens (including phenoxy) is 1. The second kappa shape index (κ2) is 16.1. The summed E-state index contributed by atoms with van der Waals surface area (Å²) in [5.41, 5.74) is 1.68. The van der Waals surface area contributed by atoms with Crippen molar-refractivity contribution in [3.8, 4) is 5.75 Å². The number of nitrogens with zero attached hydrogens (tertiary/aromatic N) is 4. The highest BCUT2D eigenvalue weighted by atomic mass is 32.2. The predicted octanol–water partition coefficient (Wildman–Crippen LogP) is 4.16. The van der Waals surface area contributed by atoms with E-state index in [4.69, 9.17) is 4.74 Å². The molecule has 4 rings (SSSR count). The minimum absolute atomic E-state index is 0.0348.